The molecule has 27 heavy (non-hydrogen) atoms. The Morgan fingerprint density at radius 1 is 1.30 bits per heavy atom. The molecule has 0 spiro atoms. The summed E-state index contributed by atoms with van der Waals surface area (Å²) in [4.78, 5) is 19.1. The number of carbonyl (C=O) groups excluding carboxylic acids is 1. The first-order valence-corrected chi connectivity index (χ1v) is 10.9. The summed E-state index contributed by atoms with van der Waals surface area (Å²) in [5.41, 5.74) is 2.62. The Morgan fingerprint density at radius 2 is 2.07 bits per heavy atom. The molecular weight excluding hydrogens is 471 g/mol. The van der Waals surface area contributed by atoms with Crippen LogP contribution in [0.3, 0.4) is 0 Å². The van der Waals surface area contributed by atoms with Crippen LogP contribution in [0.25, 0.3) is 0 Å². The van der Waals surface area contributed by atoms with Gasteiger partial charge in [0.1, 0.15) is 6.54 Å². The largest absolute Gasteiger partial charge is 0.357 e. The van der Waals surface area contributed by atoms with Crippen LogP contribution in [-0.4, -0.2) is 53.9 Å². The fraction of sp³-hybridized carbons (Fsp3) is 0.600. The van der Waals surface area contributed by atoms with Crippen molar-refractivity contribution < 1.29 is 4.79 Å². The van der Waals surface area contributed by atoms with Crippen LogP contribution < -0.4 is 10.6 Å². The first-order chi connectivity index (χ1) is 12.7. The molecule has 5 nitrogen and oxygen atoms in total. The molecule has 0 radical (unpaired) electrons. The molecule has 0 aromatic heterocycles. The summed E-state index contributed by atoms with van der Waals surface area (Å²) >= 11 is 1.95. The van der Waals surface area contributed by atoms with Gasteiger partial charge >= 0.3 is 0 Å². The fourth-order valence-corrected chi connectivity index (χ4v) is 4.55. The molecule has 0 saturated heterocycles. The van der Waals surface area contributed by atoms with Crippen LogP contribution >= 0.6 is 35.7 Å². The van der Waals surface area contributed by atoms with Crippen molar-refractivity contribution in [1.82, 2.24) is 15.5 Å². The summed E-state index contributed by atoms with van der Waals surface area (Å²) in [5.74, 6) is 0.870. The third-order valence-corrected chi connectivity index (χ3v) is 6.35. The zero-order valence-corrected chi connectivity index (χ0v) is 19.4. The van der Waals surface area contributed by atoms with Crippen LogP contribution in [0.1, 0.15) is 37.3 Å². The normalized spacial score (nSPS) is 22.0. The molecule has 150 valence electrons. The lowest BCUT2D eigenvalue weighted by molar-refractivity contribution is -0.130. The molecule has 2 atom stereocenters. The van der Waals surface area contributed by atoms with Gasteiger partial charge in [-0.15, -0.1) is 24.0 Å². The highest BCUT2D eigenvalue weighted by Crippen LogP contribution is 2.28. The van der Waals surface area contributed by atoms with E-state index in [0.717, 1.165) is 30.7 Å². The highest BCUT2D eigenvalue weighted by molar-refractivity contribution is 14.0. The van der Waals surface area contributed by atoms with E-state index in [1.165, 1.54) is 30.4 Å². The predicted octanol–water partition coefficient (Wildman–Crippen LogP) is 3.03. The number of guanidine groups is 1. The third-order valence-electron chi connectivity index (χ3n) is 5.26. The maximum atomic E-state index is 12.6. The second kappa shape index (κ2) is 11.1. The summed E-state index contributed by atoms with van der Waals surface area (Å²) < 4.78 is 0. The Balaban J connectivity index is 0.00000261. The number of halogens is 1. The molecule has 1 amide bonds. The topological polar surface area (TPSA) is 56.7 Å². The number of nitrogens with zero attached hydrogens (tertiary/aromatic N) is 2. The average molecular weight is 502 g/mol. The highest BCUT2D eigenvalue weighted by Gasteiger charge is 2.25. The summed E-state index contributed by atoms with van der Waals surface area (Å²) in [6.45, 7) is 4.55. The lowest BCUT2D eigenvalue weighted by Crippen LogP contribution is -2.44. The van der Waals surface area contributed by atoms with E-state index < -0.39 is 0 Å². The van der Waals surface area contributed by atoms with Crippen molar-refractivity contribution in [2.75, 3.05) is 25.9 Å². The van der Waals surface area contributed by atoms with Gasteiger partial charge in [-0.25, -0.2) is 4.99 Å². The lowest BCUT2D eigenvalue weighted by Gasteiger charge is -2.28. The molecule has 0 bridgehead atoms. The van der Waals surface area contributed by atoms with Crippen LogP contribution in [0, 0.1) is 0 Å². The predicted molar refractivity (Wildman–Crippen MR) is 125 cm³/mol. The van der Waals surface area contributed by atoms with Crippen LogP contribution in [0.4, 0.5) is 0 Å². The van der Waals surface area contributed by atoms with Gasteiger partial charge < -0.3 is 15.5 Å². The van der Waals surface area contributed by atoms with Gasteiger partial charge in [0.2, 0.25) is 5.91 Å². The Labute approximate surface area is 184 Å². The Morgan fingerprint density at radius 3 is 2.78 bits per heavy atom. The van der Waals surface area contributed by atoms with Gasteiger partial charge in [0.25, 0.3) is 0 Å². The summed E-state index contributed by atoms with van der Waals surface area (Å²) in [6.07, 6.45) is 6.71. The van der Waals surface area contributed by atoms with Gasteiger partial charge in [0.15, 0.2) is 5.96 Å². The summed E-state index contributed by atoms with van der Waals surface area (Å²) in [5, 5.41) is 7.53. The quantitative estimate of drug-likeness (QED) is 0.369. The molecule has 2 unspecified atom stereocenters. The maximum Gasteiger partial charge on any atom is 0.244 e. The Bertz CT molecular complexity index is 655. The van der Waals surface area contributed by atoms with Crippen molar-refractivity contribution in [3.63, 3.8) is 0 Å². The lowest BCUT2D eigenvalue weighted by atomic mass is 10.00. The van der Waals surface area contributed by atoms with Gasteiger partial charge in [-0.1, -0.05) is 24.3 Å². The van der Waals surface area contributed by atoms with Crippen molar-refractivity contribution in [3.8, 4) is 0 Å². The minimum Gasteiger partial charge on any atom is -0.357 e. The van der Waals surface area contributed by atoms with E-state index in [4.69, 9.17) is 0 Å². The number of carbonyl (C=O) groups is 1. The van der Waals surface area contributed by atoms with Crippen molar-refractivity contribution in [3.05, 3.63) is 35.4 Å². The maximum absolute atomic E-state index is 12.6. The van der Waals surface area contributed by atoms with Crippen LogP contribution in [0.15, 0.2) is 29.3 Å². The van der Waals surface area contributed by atoms with Gasteiger partial charge in [-0.05, 0) is 50.0 Å². The number of amides is 1. The van der Waals surface area contributed by atoms with E-state index in [1.54, 1.807) is 0 Å². The Kier molecular flexibility index (Phi) is 9.21. The second-order valence-corrected chi connectivity index (χ2v) is 8.18. The molecular formula is C20H31IN4OS. The van der Waals surface area contributed by atoms with E-state index in [9.17, 15) is 4.79 Å². The zero-order valence-electron chi connectivity index (χ0n) is 16.2. The van der Waals surface area contributed by atoms with Gasteiger partial charge in [-0.2, -0.15) is 11.8 Å². The number of hydrogen-bond donors (Lipinski definition) is 2. The molecule has 1 aromatic carbocycles. The fourth-order valence-electron chi connectivity index (χ4n) is 3.75. The number of nitrogens with one attached hydrogen (secondary N) is 2. The van der Waals surface area contributed by atoms with Crippen LogP contribution in [0.5, 0.6) is 0 Å². The van der Waals surface area contributed by atoms with Crippen LogP contribution in [-0.2, 0) is 17.8 Å². The molecule has 1 heterocycles. The van der Waals surface area contributed by atoms with Gasteiger partial charge in [-0.3, -0.25) is 4.79 Å². The Hall–Kier alpha value is -0.960. The molecule has 1 aliphatic heterocycles. The minimum absolute atomic E-state index is 0. The first-order valence-electron chi connectivity index (χ1n) is 9.61. The molecule has 2 aliphatic rings. The van der Waals surface area contributed by atoms with E-state index >= 15 is 0 Å². The zero-order chi connectivity index (χ0) is 18.4. The van der Waals surface area contributed by atoms with Crippen molar-refractivity contribution in [2.24, 2.45) is 4.99 Å². The van der Waals surface area contributed by atoms with Gasteiger partial charge in [0, 0.05) is 30.9 Å². The van der Waals surface area contributed by atoms with E-state index in [-0.39, 0.29) is 36.4 Å². The summed E-state index contributed by atoms with van der Waals surface area (Å²) in [6, 6.07) is 8.85. The van der Waals surface area contributed by atoms with Crippen molar-refractivity contribution in [1.29, 1.82) is 0 Å². The number of hydrogen-bond acceptors (Lipinski definition) is 3. The number of rotatable bonds is 5. The number of thioether (sulfide) groups is 1. The van der Waals surface area contributed by atoms with Crippen LogP contribution in [0.2, 0.25) is 0 Å². The summed E-state index contributed by atoms with van der Waals surface area (Å²) in [7, 11) is 0. The second-order valence-electron chi connectivity index (χ2n) is 7.04. The first kappa shape index (κ1) is 22.3. The number of aliphatic imine (C=N–C) groups is 1. The molecule has 2 N–H and O–H groups in total. The average Bonchev–Trinajstić information content (AvgIpc) is 3.13. The number of fused-ring (bicyclic) bond motifs is 1. The van der Waals surface area contributed by atoms with Crippen molar-refractivity contribution >= 4 is 47.6 Å². The van der Waals surface area contributed by atoms with E-state index in [0.29, 0.717) is 12.6 Å². The monoisotopic (exact) mass is 502 g/mol. The molecule has 3 rings (SSSR count). The standard InChI is InChI=1S/C20H30N4OS.HI/c1-3-21-20(23-17-8-9-18(12-17)26-2)22-13-19(25)24-11-10-15-6-4-5-7-16(15)14-24;/h4-7,17-18H,3,8-14H2,1-2H3,(H2,21,22,23);1H. The van der Waals surface area contributed by atoms with E-state index in [2.05, 4.69) is 47.0 Å². The molecule has 1 saturated carbocycles. The molecule has 1 aliphatic carbocycles. The molecule has 1 aromatic rings. The van der Waals surface area contributed by atoms with Gasteiger partial charge in [0.05, 0.1) is 0 Å². The minimum atomic E-state index is 0. The third kappa shape index (κ3) is 6.27. The van der Waals surface area contributed by atoms with Crippen molar-refractivity contribution in [2.45, 2.75) is 50.4 Å². The smallest absolute Gasteiger partial charge is 0.244 e. The number of benzene rings is 1. The molecule has 7 heteroatoms. The molecule has 1 fully saturated rings. The highest BCUT2D eigenvalue weighted by atomic mass is 127. The SMILES string of the molecule is CCNC(=NCC(=O)N1CCc2ccccc2C1)NC1CCC(SC)C1.I. The van der Waals surface area contributed by atoms with E-state index in [1.807, 2.05) is 22.7 Å².